The summed E-state index contributed by atoms with van der Waals surface area (Å²) in [7, 11) is 3.87. The first-order chi connectivity index (χ1) is 11.1. The molecule has 0 bridgehead atoms. The number of rotatable bonds is 4. The standard InChI is InChI=1S/C19H28N2O2/c1-14-8-9-18(23-3)15(12-14)13-19(22)21-11-5-7-17(21)16-6-4-10-20(16)2/h8-9,12,16-17H,4-7,10-11,13H2,1-3H3/t16-,17-/m1/s1. The number of aryl methyl sites for hydroxylation is 1. The molecule has 4 heteroatoms. The summed E-state index contributed by atoms with van der Waals surface area (Å²) >= 11 is 0. The van der Waals surface area contributed by atoms with E-state index in [1.165, 1.54) is 18.4 Å². The van der Waals surface area contributed by atoms with E-state index in [-0.39, 0.29) is 5.91 Å². The summed E-state index contributed by atoms with van der Waals surface area (Å²) in [4.78, 5) is 17.5. The van der Waals surface area contributed by atoms with Crippen LogP contribution < -0.4 is 4.74 Å². The fourth-order valence-corrected chi connectivity index (χ4v) is 4.23. The van der Waals surface area contributed by atoms with E-state index in [0.717, 1.165) is 37.2 Å². The number of hydrogen-bond donors (Lipinski definition) is 0. The molecule has 23 heavy (non-hydrogen) atoms. The monoisotopic (exact) mass is 316 g/mol. The third-order valence-electron chi connectivity index (χ3n) is 5.42. The molecule has 0 aliphatic carbocycles. The lowest BCUT2D eigenvalue weighted by Gasteiger charge is -2.33. The summed E-state index contributed by atoms with van der Waals surface area (Å²) in [6.07, 6.45) is 5.19. The van der Waals surface area contributed by atoms with Crippen molar-refractivity contribution in [2.24, 2.45) is 0 Å². The smallest absolute Gasteiger partial charge is 0.227 e. The van der Waals surface area contributed by atoms with E-state index in [2.05, 4.69) is 29.8 Å². The summed E-state index contributed by atoms with van der Waals surface area (Å²) in [5.41, 5.74) is 2.17. The number of likely N-dealkylation sites (tertiary alicyclic amines) is 2. The number of amides is 1. The fraction of sp³-hybridized carbons (Fsp3) is 0.632. The predicted octanol–water partition coefficient (Wildman–Crippen LogP) is 2.63. The van der Waals surface area contributed by atoms with Gasteiger partial charge in [-0.1, -0.05) is 17.7 Å². The van der Waals surface area contributed by atoms with Crippen LogP contribution >= 0.6 is 0 Å². The van der Waals surface area contributed by atoms with Gasteiger partial charge in [0.25, 0.3) is 0 Å². The van der Waals surface area contributed by atoms with E-state index in [1.54, 1.807) is 7.11 Å². The van der Waals surface area contributed by atoms with Crippen LogP contribution in [0.1, 0.15) is 36.8 Å². The van der Waals surface area contributed by atoms with Gasteiger partial charge in [0.15, 0.2) is 0 Å². The number of nitrogens with zero attached hydrogens (tertiary/aromatic N) is 2. The zero-order chi connectivity index (χ0) is 16.4. The van der Waals surface area contributed by atoms with Gasteiger partial charge in [0.1, 0.15) is 5.75 Å². The molecule has 0 unspecified atom stereocenters. The van der Waals surface area contributed by atoms with Crippen molar-refractivity contribution in [2.45, 2.75) is 51.1 Å². The second-order valence-electron chi connectivity index (χ2n) is 6.98. The Hall–Kier alpha value is -1.55. The van der Waals surface area contributed by atoms with E-state index < -0.39 is 0 Å². The molecular weight excluding hydrogens is 288 g/mol. The first-order valence-corrected chi connectivity index (χ1v) is 8.73. The van der Waals surface area contributed by atoms with Crippen LogP contribution in [-0.2, 0) is 11.2 Å². The van der Waals surface area contributed by atoms with Gasteiger partial charge in [-0.3, -0.25) is 4.79 Å². The summed E-state index contributed by atoms with van der Waals surface area (Å²) in [6.45, 7) is 4.12. The molecular formula is C19H28N2O2. The molecule has 0 radical (unpaired) electrons. The van der Waals surface area contributed by atoms with Crippen LogP contribution in [0.25, 0.3) is 0 Å². The van der Waals surface area contributed by atoms with Crippen molar-refractivity contribution in [1.29, 1.82) is 0 Å². The molecule has 2 heterocycles. The van der Waals surface area contributed by atoms with E-state index in [9.17, 15) is 4.79 Å². The number of methoxy groups -OCH3 is 1. The molecule has 1 amide bonds. The average Bonchev–Trinajstić information content (AvgIpc) is 3.15. The van der Waals surface area contributed by atoms with Crippen LogP contribution in [0.15, 0.2) is 18.2 Å². The number of ether oxygens (including phenoxy) is 1. The summed E-state index contributed by atoms with van der Waals surface area (Å²) in [5.74, 6) is 1.06. The van der Waals surface area contributed by atoms with Crippen LogP contribution in [-0.4, -0.2) is 55.0 Å². The molecule has 1 aromatic rings. The molecule has 2 fully saturated rings. The number of carbonyl (C=O) groups excluding carboxylic acids is 1. The lowest BCUT2D eigenvalue weighted by atomic mass is 10.0. The Labute approximate surface area is 139 Å². The summed E-state index contributed by atoms with van der Waals surface area (Å²) in [5, 5.41) is 0. The van der Waals surface area contributed by atoms with Crippen LogP contribution in [0.3, 0.4) is 0 Å². The van der Waals surface area contributed by atoms with Crippen LogP contribution in [0.2, 0.25) is 0 Å². The highest BCUT2D eigenvalue weighted by Gasteiger charge is 2.38. The summed E-state index contributed by atoms with van der Waals surface area (Å²) < 4.78 is 5.43. The summed E-state index contributed by atoms with van der Waals surface area (Å²) in [6, 6.07) is 7.00. The Morgan fingerprint density at radius 3 is 2.65 bits per heavy atom. The molecule has 2 saturated heterocycles. The van der Waals surface area contributed by atoms with Gasteiger partial charge >= 0.3 is 0 Å². The van der Waals surface area contributed by atoms with Crippen LogP contribution in [0, 0.1) is 6.92 Å². The molecule has 3 rings (SSSR count). The Kier molecular flexibility index (Phi) is 4.90. The molecule has 1 aromatic carbocycles. The van der Waals surface area contributed by atoms with Gasteiger partial charge in [-0.25, -0.2) is 0 Å². The quantitative estimate of drug-likeness (QED) is 0.856. The fourth-order valence-electron chi connectivity index (χ4n) is 4.23. The first kappa shape index (κ1) is 16.3. The van der Waals surface area contributed by atoms with Gasteiger partial charge in [-0.15, -0.1) is 0 Å². The van der Waals surface area contributed by atoms with Crippen LogP contribution in [0.4, 0.5) is 0 Å². The molecule has 0 N–H and O–H groups in total. The lowest BCUT2D eigenvalue weighted by molar-refractivity contribution is -0.132. The number of likely N-dealkylation sites (N-methyl/N-ethyl adjacent to an activating group) is 1. The number of carbonyl (C=O) groups is 1. The van der Waals surface area contributed by atoms with Crippen molar-refractivity contribution in [3.05, 3.63) is 29.3 Å². The first-order valence-electron chi connectivity index (χ1n) is 8.73. The normalized spacial score (nSPS) is 25.1. The maximum absolute atomic E-state index is 12.9. The van der Waals surface area contributed by atoms with E-state index in [4.69, 9.17) is 4.74 Å². The third kappa shape index (κ3) is 3.37. The van der Waals surface area contributed by atoms with Gasteiger partial charge in [-0.2, -0.15) is 0 Å². The molecule has 2 atom stereocenters. The molecule has 0 saturated carbocycles. The highest BCUT2D eigenvalue weighted by molar-refractivity contribution is 5.80. The minimum Gasteiger partial charge on any atom is -0.496 e. The zero-order valence-corrected chi connectivity index (χ0v) is 14.5. The van der Waals surface area contributed by atoms with Crippen molar-refractivity contribution in [3.8, 4) is 5.75 Å². The van der Waals surface area contributed by atoms with Crippen molar-refractivity contribution in [2.75, 3.05) is 27.2 Å². The zero-order valence-electron chi connectivity index (χ0n) is 14.5. The van der Waals surface area contributed by atoms with Crippen molar-refractivity contribution >= 4 is 5.91 Å². The molecule has 0 spiro atoms. The van der Waals surface area contributed by atoms with Gasteiger partial charge in [0.05, 0.1) is 13.5 Å². The maximum atomic E-state index is 12.9. The Balaban J connectivity index is 1.73. The number of benzene rings is 1. The number of hydrogen-bond acceptors (Lipinski definition) is 3. The van der Waals surface area contributed by atoms with E-state index in [0.29, 0.717) is 18.5 Å². The van der Waals surface area contributed by atoms with Crippen molar-refractivity contribution < 1.29 is 9.53 Å². The average molecular weight is 316 g/mol. The lowest BCUT2D eigenvalue weighted by Crippen LogP contribution is -2.47. The highest BCUT2D eigenvalue weighted by atomic mass is 16.5. The predicted molar refractivity (Wildman–Crippen MR) is 91.8 cm³/mol. The second-order valence-corrected chi connectivity index (χ2v) is 6.98. The minimum atomic E-state index is 0.247. The molecule has 4 nitrogen and oxygen atoms in total. The highest BCUT2D eigenvalue weighted by Crippen LogP contribution is 2.30. The molecule has 2 aliphatic heterocycles. The van der Waals surface area contributed by atoms with Gasteiger partial charge in [0.2, 0.25) is 5.91 Å². The largest absolute Gasteiger partial charge is 0.496 e. The van der Waals surface area contributed by atoms with E-state index >= 15 is 0 Å². The van der Waals surface area contributed by atoms with Crippen molar-refractivity contribution in [3.63, 3.8) is 0 Å². The van der Waals surface area contributed by atoms with E-state index in [1.807, 2.05) is 12.1 Å². The second kappa shape index (κ2) is 6.91. The van der Waals surface area contributed by atoms with Gasteiger partial charge in [0, 0.05) is 24.2 Å². The van der Waals surface area contributed by atoms with Crippen LogP contribution in [0.5, 0.6) is 5.75 Å². The van der Waals surface area contributed by atoms with Gasteiger partial charge < -0.3 is 14.5 Å². The topological polar surface area (TPSA) is 32.8 Å². The van der Waals surface area contributed by atoms with Gasteiger partial charge in [-0.05, 0) is 52.3 Å². The Morgan fingerprint density at radius 2 is 1.96 bits per heavy atom. The Morgan fingerprint density at radius 1 is 1.22 bits per heavy atom. The van der Waals surface area contributed by atoms with Crippen molar-refractivity contribution in [1.82, 2.24) is 9.80 Å². The SMILES string of the molecule is COc1ccc(C)cc1CC(=O)N1CCC[C@@H]1[C@H]1CCCN1C. The minimum absolute atomic E-state index is 0.247. The molecule has 126 valence electrons. The maximum Gasteiger partial charge on any atom is 0.227 e. The molecule has 2 aliphatic rings. The Bertz CT molecular complexity index is 572. The third-order valence-corrected chi connectivity index (χ3v) is 5.42. The molecule has 0 aromatic heterocycles.